The molecule has 0 spiro atoms. The minimum absolute atomic E-state index is 0.195. The molecular formula is C15H22N2O2. The van der Waals surface area contributed by atoms with E-state index in [1.54, 1.807) is 7.11 Å². The Balaban J connectivity index is 2.06. The second-order valence-corrected chi connectivity index (χ2v) is 4.80. The quantitative estimate of drug-likeness (QED) is 0.882. The Morgan fingerprint density at radius 3 is 2.79 bits per heavy atom. The SMILES string of the molecule is CCNCC(=O)N1CCCC1c1ccc(OC)cc1. The van der Waals surface area contributed by atoms with Crippen molar-refractivity contribution >= 4 is 5.91 Å². The number of methoxy groups -OCH3 is 1. The van der Waals surface area contributed by atoms with E-state index < -0.39 is 0 Å². The van der Waals surface area contributed by atoms with Crippen LogP contribution >= 0.6 is 0 Å². The van der Waals surface area contributed by atoms with Crippen LogP contribution in [0.3, 0.4) is 0 Å². The summed E-state index contributed by atoms with van der Waals surface area (Å²) in [7, 11) is 1.66. The summed E-state index contributed by atoms with van der Waals surface area (Å²) in [5.74, 6) is 1.05. The third kappa shape index (κ3) is 3.26. The van der Waals surface area contributed by atoms with Crippen LogP contribution < -0.4 is 10.1 Å². The summed E-state index contributed by atoms with van der Waals surface area (Å²) in [6.45, 7) is 4.13. The summed E-state index contributed by atoms with van der Waals surface area (Å²) in [6.07, 6.45) is 2.12. The number of nitrogens with one attached hydrogen (secondary N) is 1. The molecule has 0 aliphatic carbocycles. The lowest BCUT2D eigenvalue weighted by molar-refractivity contribution is -0.131. The van der Waals surface area contributed by atoms with E-state index in [2.05, 4.69) is 17.4 Å². The lowest BCUT2D eigenvalue weighted by Gasteiger charge is -2.25. The molecule has 1 aromatic rings. The standard InChI is InChI=1S/C15H22N2O2/c1-3-16-11-15(18)17-10-4-5-14(17)12-6-8-13(19-2)9-7-12/h6-9,14,16H,3-5,10-11H2,1-2H3. The number of carbonyl (C=O) groups excluding carboxylic acids is 1. The van der Waals surface area contributed by atoms with Gasteiger partial charge in [-0.1, -0.05) is 19.1 Å². The molecule has 4 nitrogen and oxygen atoms in total. The molecule has 0 bridgehead atoms. The first-order valence-electron chi connectivity index (χ1n) is 6.90. The lowest BCUT2D eigenvalue weighted by Crippen LogP contribution is -2.37. The molecular weight excluding hydrogens is 240 g/mol. The van der Waals surface area contributed by atoms with Gasteiger partial charge < -0.3 is 15.0 Å². The minimum atomic E-state index is 0.195. The van der Waals surface area contributed by atoms with Crippen LogP contribution in [0.15, 0.2) is 24.3 Å². The molecule has 19 heavy (non-hydrogen) atoms. The smallest absolute Gasteiger partial charge is 0.237 e. The molecule has 1 amide bonds. The molecule has 0 radical (unpaired) electrons. The van der Waals surface area contributed by atoms with Crippen molar-refractivity contribution in [1.29, 1.82) is 0 Å². The summed E-state index contributed by atoms with van der Waals surface area (Å²) in [5, 5.41) is 3.10. The zero-order chi connectivity index (χ0) is 13.7. The zero-order valence-electron chi connectivity index (χ0n) is 11.7. The molecule has 1 heterocycles. The van der Waals surface area contributed by atoms with Gasteiger partial charge in [-0.15, -0.1) is 0 Å². The molecule has 1 aliphatic rings. The van der Waals surface area contributed by atoms with Crippen LogP contribution in [0.25, 0.3) is 0 Å². The maximum absolute atomic E-state index is 12.1. The summed E-state index contributed by atoms with van der Waals surface area (Å²) in [6, 6.07) is 8.25. The largest absolute Gasteiger partial charge is 0.497 e. The first-order valence-corrected chi connectivity index (χ1v) is 6.90. The Morgan fingerprint density at radius 2 is 2.16 bits per heavy atom. The molecule has 2 rings (SSSR count). The first kappa shape index (κ1) is 13.9. The second kappa shape index (κ2) is 6.57. The maximum atomic E-state index is 12.1. The van der Waals surface area contributed by atoms with Crippen molar-refractivity contribution in [3.05, 3.63) is 29.8 Å². The van der Waals surface area contributed by atoms with E-state index >= 15 is 0 Å². The highest BCUT2D eigenvalue weighted by Crippen LogP contribution is 2.32. The van der Waals surface area contributed by atoms with E-state index in [0.717, 1.165) is 31.7 Å². The lowest BCUT2D eigenvalue weighted by atomic mass is 10.0. The van der Waals surface area contributed by atoms with E-state index in [-0.39, 0.29) is 11.9 Å². The van der Waals surface area contributed by atoms with Crippen molar-refractivity contribution < 1.29 is 9.53 Å². The van der Waals surface area contributed by atoms with Gasteiger partial charge in [0, 0.05) is 6.54 Å². The van der Waals surface area contributed by atoms with E-state index in [4.69, 9.17) is 4.74 Å². The van der Waals surface area contributed by atoms with E-state index in [1.807, 2.05) is 24.0 Å². The van der Waals surface area contributed by atoms with Crippen LogP contribution in [0.1, 0.15) is 31.4 Å². The van der Waals surface area contributed by atoms with Gasteiger partial charge in [0.15, 0.2) is 0 Å². The van der Waals surface area contributed by atoms with E-state index in [1.165, 1.54) is 5.56 Å². The predicted molar refractivity (Wildman–Crippen MR) is 75.2 cm³/mol. The molecule has 104 valence electrons. The average Bonchev–Trinajstić information content (AvgIpc) is 2.94. The molecule has 0 aromatic heterocycles. The van der Waals surface area contributed by atoms with Crippen molar-refractivity contribution in [3.8, 4) is 5.75 Å². The number of likely N-dealkylation sites (tertiary alicyclic amines) is 1. The predicted octanol–water partition coefficient (Wildman–Crippen LogP) is 1.97. The monoisotopic (exact) mass is 262 g/mol. The molecule has 1 atom stereocenters. The van der Waals surface area contributed by atoms with Crippen molar-refractivity contribution in [1.82, 2.24) is 10.2 Å². The number of carbonyl (C=O) groups is 1. The van der Waals surface area contributed by atoms with Gasteiger partial charge in [-0.2, -0.15) is 0 Å². The topological polar surface area (TPSA) is 41.6 Å². The third-order valence-electron chi connectivity index (χ3n) is 3.60. The molecule has 1 fully saturated rings. The average molecular weight is 262 g/mol. The van der Waals surface area contributed by atoms with E-state index in [9.17, 15) is 4.79 Å². The fourth-order valence-electron chi connectivity index (χ4n) is 2.57. The van der Waals surface area contributed by atoms with Gasteiger partial charge in [-0.3, -0.25) is 4.79 Å². The molecule has 1 aliphatic heterocycles. The summed E-state index contributed by atoms with van der Waals surface area (Å²) >= 11 is 0. The molecule has 1 aromatic carbocycles. The van der Waals surface area contributed by atoms with Gasteiger partial charge in [-0.05, 0) is 37.1 Å². The number of benzene rings is 1. The van der Waals surface area contributed by atoms with Crippen LogP contribution in [-0.4, -0.2) is 37.6 Å². The van der Waals surface area contributed by atoms with Crippen molar-refractivity contribution in [3.63, 3.8) is 0 Å². The molecule has 1 saturated heterocycles. The number of ether oxygens (including phenoxy) is 1. The highest BCUT2D eigenvalue weighted by atomic mass is 16.5. The Morgan fingerprint density at radius 1 is 1.42 bits per heavy atom. The van der Waals surface area contributed by atoms with Crippen LogP contribution in [0.4, 0.5) is 0 Å². The first-order chi connectivity index (χ1) is 9.26. The van der Waals surface area contributed by atoms with Gasteiger partial charge in [0.25, 0.3) is 0 Å². The van der Waals surface area contributed by atoms with Gasteiger partial charge in [-0.25, -0.2) is 0 Å². The van der Waals surface area contributed by atoms with Crippen molar-refractivity contribution in [2.75, 3.05) is 26.7 Å². The number of amides is 1. The zero-order valence-corrected chi connectivity index (χ0v) is 11.7. The number of hydrogen-bond acceptors (Lipinski definition) is 3. The number of hydrogen-bond donors (Lipinski definition) is 1. The van der Waals surface area contributed by atoms with Crippen LogP contribution in [0.5, 0.6) is 5.75 Å². The summed E-state index contributed by atoms with van der Waals surface area (Å²) in [5.41, 5.74) is 1.20. The fourth-order valence-corrected chi connectivity index (χ4v) is 2.57. The van der Waals surface area contributed by atoms with Crippen LogP contribution in [0, 0.1) is 0 Å². The van der Waals surface area contributed by atoms with Crippen molar-refractivity contribution in [2.24, 2.45) is 0 Å². The maximum Gasteiger partial charge on any atom is 0.237 e. The third-order valence-corrected chi connectivity index (χ3v) is 3.60. The number of rotatable bonds is 5. The Kier molecular flexibility index (Phi) is 4.80. The van der Waals surface area contributed by atoms with E-state index in [0.29, 0.717) is 6.54 Å². The highest BCUT2D eigenvalue weighted by molar-refractivity contribution is 5.79. The fraction of sp³-hybridized carbons (Fsp3) is 0.533. The van der Waals surface area contributed by atoms with Gasteiger partial charge >= 0.3 is 0 Å². The molecule has 1 N–H and O–H groups in total. The van der Waals surface area contributed by atoms with Crippen LogP contribution in [0.2, 0.25) is 0 Å². The highest BCUT2D eigenvalue weighted by Gasteiger charge is 2.29. The Labute approximate surface area is 114 Å². The summed E-state index contributed by atoms with van der Waals surface area (Å²) < 4.78 is 5.17. The van der Waals surface area contributed by atoms with Gasteiger partial charge in [0.05, 0.1) is 19.7 Å². The minimum Gasteiger partial charge on any atom is -0.497 e. The second-order valence-electron chi connectivity index (χ2n) is 4.80. The Hall–Kier alpha value is -1.55. The molecule has 1 unspecified atom stereocenters. The van der Waals surface area contributed by atoms with Gasteiger partial charge in [0.2, 0.25) is 5.91 Å². The van der Waals surface area contributed by atoms with Crippen LogP contribution in [-0.2, 0) is 4.79 Å². The number of nitrogens with zero attached hydrogens (tertiary/aromatic N) is 1. The molecule has 0 saturated carbocycles. The van der Waals surface area contributed by atoms with Crippen molar-refractivity contribution in [2.45, 2.75) is 25.8 Å². The number of likely N-dealkylation sites (N-methyl/N-ethyl adjacent to an activating group) is 1. The van der Waals surface area contributed by atoms with Gasteiger partial charge in [0.1, 0.15) is 5.75 Å². The Bertz CT molecular complexity index is 417. The normalized spacial score (nSPS) is 18.6. The summed E-state index contributed by atoms with van der Waals surface area (Å²) in [4.78, 5) is 14.1. The molecule has 4 heteroatoms.